The first kappa shape index (κ1) is 22.8. The molecule has 3 aromatic rings. The summed E-state index contributed by atoms with van der Waals surface area (Å²) in [6.07, 6.45) is 12.3. The van der Waals surface area contributed by atoms with E-state index in [-0.39, 0.29) is 23.2 Å². The molecule has 0 saturated heterocycles. The SMILES string of the molecule is C#C.C[C@@H](O)C#Cc1cc2c(cc1F)C1CC(C1)n1cc(C(N)=O)nc1-2.Cc1ccno1. The zero-order valence-corrected chi connectivity index (χ0v) is 17.7. The number of primary amides is 1. The van der Waals surface area contributed by atoms with Crippen molar-refractivity contribution in [3.63, 3.8) is 0 Å². The molecule has 0 spiro atoms. The van der Waals surface area contributed by atoms with E-state index < -0.39 is 17.8 Å². The highest BCUT2D eigenvalue weighted by atomic mass is 19.1. The van der Waals surface area contributed by atoms with Crippen LogP contribution in [-0.4, -0.2) is 31.8 Å². The molecule has 6 rings (SSSR count). The number of aliphatic hydroxyl groups excluding tert-OH is 1. The van der Waals surface area contributed by atoms with E-state index in [4.69, 9.17) is 5.73 Å². The van der Waals surface area contributed by atoms with E-state index in [1.807, 2.05) is 11.5 Å². The van der Waals surface area contributed by atoms with Crippen LogP contribution in [0.5, 0.6) is 0 Å². The van der Waals surface area contributed by atoms with Crippen molar-refractivity contribution >= 4 is 5.91 Å². The van der Waals surface area contributed by atoms with Crippen LogP contribution in [0.15, 0.2) is 35.1 Å². The molecule has 3 N–H and O–H groups in total. The molecule has 1 aliphatic carbocycles. The molecule has 164 valence electrons. The number of hydrogen-bond acceptors (Lipinski definition) is 5. The molecule has 2 aliphatic heterocycles. The molecule has 7 nitrogen and oxygen atoms in total. The van der Waals surface area contributed by atoms with Gasteiger partial charge in [-0.25, -0.2) is 9.37 Å². The van der Waals surface area contributed by atoms with Crippen LogP contribution in [0.2, 0.25) is 0 Å². The number of aliphatic hydroxyl groups is 1. The van der Waals surface area contributed by atoms with Crippen molar-refractivity contribution in [3.05, 3.63) is 59.0 Å². The van der Waals surface area contributed by atoms with E-state index in [1.165, 1.54) is 13.0 Å². The van der Waals surface area contributed by atoms with Crippen LogP contribution in [0, 0.1) is 37.4 Å². The smallest absolute Gasteiger partial charge is 0.268 e. The van der Waals surface area contributed by atoms with Gasteiger partial charge in [-0.3, -0.25) is 4.79 Å². The summed E-state index contributed by atoms with van der Waals surface area (Å²) >= 11 is 0. The first-order valence-corrected chi connectivity index (χ1v) is 9.96. The fourth-order valence-electron chi connectivity index (χ4n) is 3.74. The Bertz CT molecular complexity index is 1190. The summed E-state index contributed by atoms with van der Waals surface area (Å²) in [7, 11) is 0. The average molecular weight is 434 g/mol. The molecule has 1 aromatic carbocycles. The Morgan fingerprint density at radius 3 is 2.66 bits per heavy atom. The van der Waals surface area contributed by atoms with Gasteiger partial charge in [-0.2, -0.15) is 0 Å². The summed E-state index contributed by atoms with van der Waals surface area (Å²) < 4.78 is 20.9. The van der Waals surface area contributed by atoms with E-state index in [1.54, 1.807) is 24.5 Å². The molecule has 1 saturated carbocycles. The van der Waals surface area contributed by atoms with Crippen molar-refractivity contribution in [1.82, 2.24) is 14.7 Å². The summed E-state index contributed by atoms with van der Waals surface area (Å²) in [5.41, 5.74) is 7.45. The van der Waals surface area contributed by atoms with Gasteiger partial charge >= 0.3 is 0 Å². The molecule has 1 amide bonds. The molecule has 1 fully saturated rings. The number of rotatable bonds is 1. The number of amides is 1. The molecule has 1 atom stereocenters. The standard InChI is InChI=1S/C18H16FN3O2.C4H5NO.C2H2/c1-9(23)2-3-10-6-14-13(7-15(10)19)11-4-12(5-11)22-8-16(17(20)24)21-18(14)22;1-4-2-3-5-6-4;1-2/h6-9,11-12,23H,4-5H2,1H3,(H2,20,24);2-3H,1H3;1-2H/t9-,11?,12?;;/m1../s1. The second-order valence-electron chi connectivity index (χ2n) is 7.53. The fourth-order valence-corrected chi connectivity index (χ4v) is 3.74. The van der Waals surface area contributed by atoms with Gasteiger partial charge in [-0.15, -0.1) is 12.8 Å². The maximum absolute atomic E-state index is 14.4. The van der Waals surface area contributed by atoms with Crippen LogP contribution in [0.3, 0.4) is 0 Å². The minimum absolute atomic E-state index is 0.210. The molecular weight excluding hydrogens is 411 g/mol. The van der Waals surface area contributed by atoms with Crippen LogP contribution in [-0.2, 0) is 0 Å². The number of halogens is 1. The number of terminal acetylenes is 1. The Morgan fingerprint density at radius 1 is 1.41 bits per heavy atom. The Labute approximate surface area is 185 Å². The number of carbonyl (C=O) groups excluding carboxylic acids is 1. The highest BCUT2D eigenvalue weighted by Crippen LogP contribution is 2.52. The predicted octanol–water partition coefficient (Wildman–Crippen LogP) is 3.18. The summed E-state index contributed by atoms with van der Waals surface area (Å²) in [4.78, 5) is 15.8. The monoisotopic (exact) mass is 434 g/mol. The van der Waals surface area contributed by atoms with Gasteiger partial charge in [-0.05, 0) is 50.3 Å². The van der Waals surface area contributed by atoms with Crippen LogP contribution >= 0.6 is 0 Å². The van der Waals surface area contributed by atoms with Crippen molar-refractivity contribution < 1.29 is 18.8 Å². The van der Waals surface area contributed by atoms with E-state index in [9.17, 15) is 14.3 Å². The van der Waals surface area contributed by atoms with Gasteiger partial charge in [0.15, 0.2) is 0 Å². The van der Waals surface area contributed by atoms with Crippen molar-refractivity contribution in [1.29, 1.82) is 0 Å². The van der Waals surface area contributed by atoms with Gasteiger partial charge in [0, 0.05) is 23.9 Å². The number of nitrogens with two attached hydrogens (primary N) is 1. The van der Waals surface area contributed by atoms with Gasteiger partial charge in [0.25, 0.3) is 5.91 Å². The number of aromatic nitrogens is 3. The summed E-state index contributed by atoms with van der Waals surface area (Å²) in [6, 6.07) is 5.23. The number of nitrogens with zero attached hydrogens (tertiary/aromatic N) is 3. The van der Waals surface area contributed by atoms with Crippen LogP contribution in [0.1, 0.15) is 59.1 Å². The highest BCUT2D eigenvalue weighted by molar-refractivity contribution is 5.91. The van der Waals surface area contributed by atoms with E-state index >= 15 is 0 Å². The van der Waals surface area contributed by atoms with Gasteiger partial charge in [0.05, 0.1) is 11.8 Å². The van der Waals surface area contributed by atoms with E-state index in [2.05, 4.69) is 39.4 Å². The molecule has 0 radical (unpaired) electrons. The zero-order chi connectivity index (χ0) is 23.4. The van der Waals surface area contributed by atoms with Gasteiger partial charge in [0.2, 0.25) is 0 Å². The zero-order valence-electron chi connectivity index (χ0n) is 17.7. The lowest BCUT2D eigenvalue weighted by atomic mass is 9.75. The molecule has 8 heteroatoms. The van der Waals surface area contributed by atoms with Crippen molar-refractivity contribution in [2.24, 2.45) is 5.73 Å². The van der Waals surface area contributed by atoms with Gasteiger partial charge in [0.1, 0.15) is 29.2 Å². The normalized spacial score (nSPS) is 17.8. The second-order valence-corrected chi connectivity index (χ2v) is 7.53. The molecule has 4 heterocycles. The largest absolute Gasteiger partial charge is 0.381 e. The predicted molar refractivity (Wildman–Crippen MR) is 117 cm³/mol. The first-order valence-electron chi connectivity index (χ1n) is 9.96. The minimum Gasteiger partial charge on any atom is -0.381 e. The van der Waals surface area contributed by atoms with Gasteiger partial charge < -0.3 is 19.9 Å². The third kappa shape index (κ3) is 4.56. The van der Waals surface area contributed by atoms with Crippen molar-refractivity contribution in [2.75, 3.05) is 0 Å². The third-order valence-electron chi connectivity index (χ3n) is 5.29. The second kappa shape index (κ2) is 9.51. The topological polar surface area (TPSA) is 107 Å². The lowest BCUT2D eigenvalue weighted by molar-refractivity contribution is 0.0995. The lowest BCUT2D eigenvalue weighted by Crippen LogP contribution is -2.22. The number of hydrogen-bond donors (Lipinski definition) is 2. The maximum Gasteiger partial charge on any atom is 0.268 e. The lowest BCUT2D eigenvalue weighted by Gasteiger charge is -2.34. The molecule has 0 unspecified atom stereocenters. The number of carbonyl (C=O) groups is 1. The molecule has 2 bridgehead atoms. The van der Waals surface area contributed by atoms with Crippen molar-refractivity contribution in [2.45, 2.75) is 44.8 Å². The Kier molecular flexibility index (Phi) is 6.77. The first-order chi connectivity index (χ1) is 15.3. The Hall–Kier alpha value is -3.88. The Balaban J connectivity index is 0.000000309. The number of aryl methyl sites for hydroxylation is 1. The minimum atomic E-state index is -0.834. The summed E-state index contributed by atoms with van der Waals surface area (Å²) in [5, 5.41) is 12.7. The molecule has 2 aromatic heterocycles. The molecule has 3 aliphatic rings. The van der Waals surface area contributed by atoms with E-state index in [0.29, 0.717) is 5.82 Å². The van der Waals surface area contributed by atoms with Crippen LogP contribution in [0.25, 0.3) is 11.4 Å². The maximum atomic E-state index is 14.4. The highest BCUT2D eigenvalue weighted by Gasteiger charge is 2.39. The Morgan fingerprint density at radius 2 is 2.12 bits per heavy atom. The number of imidazole rings is 1. The van der Waals surface area contributed by atoms with Gasteiger partial charge in [-0.1, -0.05) is 17.0 Å². The fraction of sp³-hybridized carbons (Fsp3) is 0.292. The van der Waals surface area contributed by atoms with Crippen LogP contribution < -0.4 is 5.73 Å². The molecular formula is C24H23FN4O3. The van der Waals surface area contributed by atoms with E-state index in [0.717, 1.165) is 29.7 Å². The third-order valence-corrected chi connectivity index (χ3v) is 5.29. The van der Waals surface area contributed by atoms with Crippen LogP contribution in [0.4, 0.5) is 4.39 Å². The number of benzene rings is 1. The summed E-state index contributed by atoms with van der Waals surface area (Å²) in [5.74, 6) is 6.02. The van der Waals surface area contributed by atoms with Crippen molar-refractivity contribution in [3.8, 4) is 36.1 Å². The summed E-state index contributed by atoms with van der Waals surface area (Å²) in [6.45, 7) is 3.38. The average Bonchev–Trinajstić information content (AvgIpc) is 3.34. The molecule has 32 heavy (non-hydrogen) atoms. The quantitative estimate of drug-likeness (QED) is 0.572.